The Morgan fingerprint density at radius 2 is 1.56 bits per heavy atom. The Labute approximate surface area is 248 Å². The molecule has 3 N–H and O–H groups in total. The van der Waals surface area contributed by atoms with Gasteiger partial charge in [-0.2, -0.15) is 13.2 Å². The van der Waals surface area contributed by atoms with Crippen LogP contribution in [0, 0.1) is 0 Å². The molecule has 3 rings (SSSR count). The quantitative estimate of drug-likeness (QED) is 0.366. The van der Waals surface area contributed by atoms with Crippen LogP contribution in [0.4, 0.5) is 23.7 Å². The predicted octanol–water partition coefficient (Wildman–Crippen LogP) is 2.47. The van der Waals surface area contributed by atoms with Gasteiger partial charge in [-0.15, -0.1) is 0 Å². The summed E-state index contributed by atoms with van der Waals surface area (Å²) >= 11 is 0. The molecule has 0 unspecified atom stereocenters. The number of carboxylic acids is 1. The molecule has 0 radical (unpaired) electrons. The van der Waals surface area contributed by atoms with Crippen molar-refractivity contribution in [1.82, 2.24) is 19.4 Å². The van der Waals surface area contributed by atoms with Crippen LogP contribution in [0.5, 0.6) is 0 Å². The molecular weight excluding hydrogens is 593 g/mol. The number of anilines is 1. The van der Waals surface area contributed by atoms with E-state index in [2.05, 4.69) is 15.6 Å². The number of benzene rings is 2. The van der Waals surface area contributed by atoms with Crippen molar-refractivity contribution >= 4 is 39.5 Å². The summed E-state index contributed by atoms with van der Waals surface area (Å²) in [5.41, 5.74) is 2.66. The van der Waals surface area contributed by atoms with E-state index in [-0.39, 0.29) is 29.8 Å². The van der Waals surface area contributed by atoms with E-state index >= 15 is 0 Å². The molecule has 0 saturated carbocycles. The maximum Gasteiger partial charge on any atom is 0.490 e. The molecule has 0 aliphatic carbocycles. The summed E-state index contributed by atoms with van der Waals surface area (Å²) in [6, 6.07) is 13.8. The van der Waals surface area contributed by atoms with Crippen molar-refractivity contribution < 1.29 is 41.1 Å². The van der Waals surface area contributed by atoms with Gasteiger partial charge in [0.1, 0.15) is 5.84 Å². The molecule has 1 heterocycles. The number of likely N-dealkylation sites (N-methyl/N-ethyl adjacent to an activating group) is 1. The van der Waals surface area contributed by atoms with Crippen LogP contribution in [0.25, 0.3) is 0 Å². The number of aliphatic carboxylic acids is 1. The molecule has 0 fully saturated rings. The summed E-state index contributed by atoms with van der Waals surface area (Å²) in [4.78, 5) is 40.7. The lowest BCUT2D eigenvalue weighted by Crippen LogP contribution is -2.34. The van der Waals surface area contributed by atoms with Crippen LogP contribution in [0.3, 0.4) is 0 Å². The smallest absolute Gasteiger partial charge is 0.475 e. The van der Waals surface area contributed by atoms with Crippen molar-refractivity contribution in [3.63, 3.8) is 0 Å². The molecule has 0 aromatic heterocycles. The molecule has 1 aliphatic heterocycles. The van der Waals surface area contributed by atoms with Gasteiger partial charge >= 0.3 is 18.2 Å². The van der Waals surface area contributed by atoms with E-state index in [4.69, 9.17) is 9.90 Å². The number of amidine groups is 1. The minimum Gasteiger partial charge on any atom is -0.475 e. The van der Waals surface area contributed by atoms with Crippen molar-refractivity contribution in [2.75, 3.05) is 59.7 Å². The lowest BCUT2D eigenvalue weighted by Gasteiger charge is -2.21. The standard InChI is InChI=1S/C25H34N6O4S.C2HF3O2/c1-29(2)25(33)28-21-9-11-22(12-10-21)36(34,35)31(4)18-14-23(32)30(3)17-13-19-5-7-20(8-6-19)24-26-15-16-27-24;3-2(4,5)1(6)7/h5-12H,13-18H2,1-4H3,(H,26,27)(H,28,33);(H,6,7). The fourth-order valence-corrected chi connectivity index (χ4v) is 4.70. The number of hydrogen-bond donors (Lipinski definition) is 3. The molecule has 43 heavy (non-hydrogen) atoms. The second-order valence-electron chi connectivity index (χ2n) is 9.65. The predicted molar refractivity (Wildman–Crippen MR) is 154 cm³/mol. The summed E-state index contributed by atoms with van der Waals surface area (Å²) in [7, 11) is 2.65. The van der Waals surface area contributed by atoms with E-state index in [1.54, 1.807) is 26.0 Å². The number of hydrogen-bond acceptors (Lipinski definition) is 7. The van der Waals surface area contributed by atoms with Crippen molar-refractivity contribution in [3.8, 4) is 0 Å². The van der Waals surface area contributed by atoms with Gasteiger partial charge in [0, 0.05) is 65.5 Å². The van der Waals surface area contributed by atoms with Crippen LogP contribution < -0.4 is 10.6 Å². The maximum atomic E-state index is 12.9. The first-order valence-electron chi connectivity index (χ1n) is 13.0. The zero-order chi connectivity index (χ0) is 32.4. The molecule has 0 saturated heterocycles. The van der Waals surface area contributed by atoms with Gasteiger partial charge in [-0.25, -0.2) is 22.3 Å². The van der Waals surface area contributed by atoms with Crippen LogP contribution in [0.15, 0.2) is 58.4 Å². The highest BCUT2D eigenvalue weighted by atomic mass is 32.2. The van der Waals surface area contributed by atoms with Gasteiger partial charge in [0.2, 0.25) is 15.9 Å². The fraction of sp³-hybridized carbons (Fsp3) is 0.407. The number of carboxylic acid groups (broad SMARTS) is 1. The molecule has 236 valence electrons. The SMILES string of the molecule is CN(C)C(=O)Nc1ccc(S(=O)(=O)N(C)CCC(=O)N(C)CCc2ccc(C3=NCCN3)cc2)cc1.O=C(O)C(F)(F)F. The van der Waals surface area contributed by atoms with E-state index in [0.717, 1.165) is 30.1 Å². The second-order valence-corrected chi connectivity index (χ2v) is 11.7. The molecular formula is C27H35F3N6O6S. The maximum absolute atomic E-state index is 12.9. The van der Waals surface area contributed by atoms with E-state index in [9.17, 15) is 31.2 Å². The summed E-state index contributed by atoms with van der Waals surface area (Å²) in [5, 5.41) is 13.0. The monoisotopic (exact) mass is 628 g/mol. The zero-order valence-corrected chi connectivity index (χ0v) is 25.0. The van der Waals surface area contributed by atoms with Gasteiger partial charge in [-0.3, -0.25) is 9.79 Å². The molecule has 0 atom stereocenters. The first-order valence-corrected chi connectivity index (χ1v) is 14.4. The number of alkyl halides is 3. The van der Waals surface area contributed by atoms with Crippen molar-refractivity contribution in [3.05, 3.63) is 59.7 Å². The Balaban J connectivity index is 0.000000821. The summed E-state index contributed by atoms with van der Waals surface area (Å²) < 4.78 is 58.7. The normalized spacial score (nSPS) is 12.9. The zero-order valence-electron chi connectivity index (χ0n) is 24.2. The third kappa shape index (κ3) is 10.9. The first kappa shape index (κ1) is 35.0. The topological polar surface area (TPSA) is 152 Å². The Kier molecular flexibility index (Phi) is 12.5. The molecule has 0 spiro atoms. The number of aliphatic imine (C=N–C) groups is 1. The van der Waals surface area contributed by atoms with Crippen LogP contribution in [-0.4, -0.2) is 112 Å². The van der Waals surface area contributed by atoms with Gasteiger partial charge in [-0.1, -0.05) is 24.3 Å². The van der Waals surface area contributed by atoms with Gasteiger partial charge in [0.05, 0.1) is 11.4 Å². The Morgan fingerprint density at radius 1 is 0.977 bits per heavy atom. The average Bonchev–Trinajstić information content (AvgIpc) is 3.50. The second kappa shape index (κ2) is 15.3. The largest absolute Gasteiger partial charge is 0.490 e. The Morgan fingerprint density at radius 3 is 2.05 bits per heavy atom. The minimum absolute atomic E-state index is 0.0639. The number of urea groups is 1. The highest BCUT2D eigenvalue weighted by Crippen LogP contribution is 2.18. The van der Waals surface area contributed by atoms with Crippen LogP contribution in [-0.2, 0) is 26.0 Å². The third-order valence-electron chi connectivity index (χ3n) is 6.17. The number of carbonyl (C=O) groups is 3. The number of carbonyl (C=O) groups excluding carboxylic acids is 2. The molecule has 2 aromatic rings. The Hall–Kier alpha value is -4.18. The molecule has 0 bridgehead atoms. The van der Waals surface area contributed by atoms with E-state index < -0.39 is 22.2 Å². The molecule has 12 nitrogen and oxygen atoms in total. The first-order chi connectivity index (χ1) is 20.0. The van der Waals surface area contributed by atoms with Crippen LogP contribution in [0.2, 0.25) is 0 Å². The molecule has 1 aliphatic rings. The van der Waals surface area contributed by atoms with E-state index in [1.165, 1.54) is 40.5 Å². The fourth-order valence-electron chi connectivity index (χ4n) is 3.53. The highest BCUT2D eigenvalue weighted by molar-refractivity contribution is 7.89. The van der Waals surface area contributed by atoms with Gasteiger partial charge in [0.15, 0.2) is 0 Å². The third-order valence-corrected chi connectivity index (χ3v) is 8.04. The van der Waals surface area contributed by atoms with Crippen molar-refractivity contribution in [2.45, 2.75) is 23.9 Å². The molecule has 16 heteroatoms. The molecule has 3 amide bonds. The van der Waals surface area contributed by atoms with Gasteiger partial charge in [0.25, 0.3) is 0 Å². The number of amides is 3. The number of sulfonamides is 1. The van der Waals surface area contributed by atoms with Gasteiger partial charge < -0.3 is 25.5 Å². The average molecular weight is 629 g/mol. The molecule has 2 aromatic carbocycles. The lowest BCUT2D eigenvalue weighted by atomic mass is 10.1. The Bertz CT molecular complexity index is 1400. The number of nitrogens with zero attached hydrogens (tertiary/aromatic N) is 4. The van der Waals surface area contributed by atoms with Crippen LogP contribution in [0.1, 0.15) is 17.5 Å². The minimum atomic E-state index is -5.08. The van der Waals surface area contributed by atoms with E-state index in [0.29, 0.717) is 18.7 Å². The lowest BCUT2D eigenvalue weighted by molar-refractivity contribution is -0.192. The summed E-state index contributed by atoms with van der Waals surface area (Å²) in [6.07, 6.45) is -4.30. The highest BCUT2D eigenvalue weighted by Gasteiger charge is 2.38. The van der Waals surface area contributed by atoms with Gasteiger partial charge in [-0.05, 0) is 36.2 Å². The summed E-state index contributed by atoms with van der Waals surface area (Å²) in [6.45, 7) is 2.26. The van der Waals surface area contributed by atoms with Crippen molar-refractivity contribution in [2.24, 2.45) is 4.99 Å². The van der Waals surface area contributed by atoms with E-state index in [1.807, 2.05) is 24.3 Å². The number of halogens is 3. The number of rotatable bonds is 10. The van der Waals surface area contributed by atoms with Crippen molar-refractivity contribution in [1.29, 1.82) is 0 Å². The number of nitrogens with one attached hydrogen (secondary N) is 2. The van der Waals surface area contributed by atoms with Crippen LogP contribution >= 0.6 is 0 Å². The summed E-state index contributed by atoms with van der Waals surface area (Å²) in [5.74, 6) is -1.97.